The molecule has 6 aromatic rings. The van der Waals surface area contributed by atoms with Crippen molar-refractivity contribution in [1.82, 2.24) is 24.6 Å². The second-order valence-corrected chi connectivity index (χ2v) is 7.56. The number of hydrogen-bond acceptors (Lipinski definition) is 6. The van der Waals surface area contributed by atoms with Crippen molar-refractivity contribution >= 4 is 28.4 Å². The van der Waals surface area contributed by atoms with Crippen LogP contribution in [0.1, 0.15) is 10.4 Å². The maximum atomic E-state index is 13.5. The first-order chi connectivity index (χ1) is 16.7. The summed E-state index contributed by atoms with van der Waals surface area (Å²) in [5.41, 5.74) is 2.24. The van der Waals surface area contributed by atoms with Gasteiger partial charge in [0.1, 0.15) is 5.82 Å². The zero-order valence-corrected chi connectivity index (χ0v) is 17.6. The summed E-state index contributed by atoms with van der Waals surface area (Å²) in [7, 11) is 0. The summed E-state index contributed by atoms with van der Waals surface area (Å²) < 4.78 is 6.71. The van der Waals surface area contributed by atoms with Crippen molar-refractivity contribution < 1.29 is 9.21 Å². The normalized spacial score (nSPS) is 11.2. The average Bonchev–Trinajstić information content (AvgIpc) is 3.54. The van der Waals surface area contributed by atoms with Crippen LogP contribution in [0.2, 0.25) is 0 Å². The Morgan fingerprint density at radius 3 is 2.59 bits per heavy atom. The van der Waals surface area contributed by atoms with E-state index in [1.165, 1.54) is 16.8 Å². The summed E-state index contributed by atoms with van der Waals surface area (Å²) in [6.07, 6.45) is 1.51. The minimum Gasteiger partial charge on any atom is -0.461 e. The van der Waals surface area contributed by atoms with E-state index < -0.39 is 11.5 Å². The van der Waals surface area contributed by atoms with E-state index in [2.05, 4.69) is 20.4 Å². The van der Waals surface area contributed by atoms with Crippen molar-refractivity contribution in [3.8, 4) is 22.8 Å². The van der Waals surface area contributed by atoms with Crippen LogP contribution in [0.25, 0.3) is 39.5 Å². The fourth-order valence-corrected chi connectivity index (χ4v) is 3.80. The average molecular weight is 448 g/mol. The maximum absolute atomic E-state index is 13.5. The van der Waals surface area contributed by atoms with E-state index in [1.54, 1.807) is 18.2 Å². The number of nitrogens with zero attached hydrogens (tertiary/aromatic N) is 4. The summed E-state index contributed by atoms with van der Waals surface area (Å²) in [5.74, 6) is 0.672. The van der Waals surface area contributed by atoms with Gasteiger partial charge >= 0.3 is 0 Å². The molecule has 4 aromatic heterocycles. The SMILES string of the molecule is O=C(Nc1cc(=O)[nH]c2nc(-c3ccco3)nn12)c1cc(-c2ccccc2)nc2ccccc12. The lowest BCUT2D eigenvalue weighted by molar-refractivity contribution is 0.102. The molecule has 0 aliphatic heterocycles. The first-order valence-corrected chi connectivity index (χ1v) is 10.5. The predicted molar refractivity (Wildman–Crippen MR) is 126 cm³/mol. The van der Waals surface area contributed by atoms with E-state index >= 15 is 0 Å². The molecular formula is C25H16N6O3. The number of furan rings is 1. The van der Waals surface area contributed by atoms with Crippen LogP contribution in [0.15, 0.2) is 94.3 Å². The molecule has 0 saturated heterocycles. The molecule has 34 heavy (non-hydrogen) atoms. The Kier molecular flexibility index (Phi) is 4.51. The molecule has 0 bridgehead atoms. The summed E-state index contributed by atoms with van der Waals surface area (Å²) in [6.45, 7) is 0. The molecule has 6 rings (SSSR count). The van der Waals surface area contributed by atoms with Crippen molar-refractivity contribution in [3.05, 3.63) is 101 Å². The van der Waals surface area contributed by atoms with Gasteiger partial charge in [-0.15, -0.1) is 5.10 Å². The second-order valence-electron chi connectivity index (χ2n) is 7.56. The predicted octanol–water partition coefficient (Wildman–Crippen LogP) is 4.15. The number of benzene rings is 2. The first kappa shape index (κ1) is 19.6. The molecule has 0 aliphatic carbocycles. The van der Waals surface area contributed by atoms with Gasteiger partial charge in [0.2, 0.25) is 11.6 Å². The number of para-hydroxylation sites is 1. The highest BCUT2D eigenvalue weighted by Crippen LogP contribution is 2.26. The lowest BCUT2D eigenvalue weighted by Gasteiger charge is -2.11. The summed E-state index contributed by atoms with van der Waals surface area (Å²) in [5, 5.41) is 7.89. The Morgan fingerprint density at radius 2 is 1.76 bits per heavy atom. The standard InChI is InChI=1S/C25H16N6O3/c32-22-14-21(31-25(28-22)29-23(30-31)20-11-6-12-34-20)27-24(33)17-13-19(15-7-2-1-3-8-15)26-18-10-5-4-9-16(17)18/h1-14H,(H,27,33)(H,28,29,30,32). The molecule has 0 atom stereocenters. The van der Waals surface area contributed by atoms with Gasteiger partial charge in [-0.1, -0.05) is 48.5 Å². The number of amides is 1. The maximum Gasteiger partial charge on any atom is 0.257 e. The van der Waals surface area contributed by atoms with E-state index in [4.69, 9.17) is 9.40 Å². The molecule has 1 amide bonds. The van der Waals surface area contributed by atoms with E-state index in [0.717, 1.165) is 5.56 Å². The minimum absolute atomic E-state index is 0.177. The number of pyridine rings is 1. The van der Waals surface area contributed by atoms with Gasteiger partial charge in [0, 0.05) is 17.0 Å². The highest BCUT2D eigenvalue weighted by Gasteiger charge is 2.18. The number of aromatic nitrogens is 5. The zero-order valence-electron chi connectivity index (χ0n) is 17.6. The Bertz CT molecular complexity index is 1720. The number of aromatic amines is 1. The fourth-order valence-electron chi connectivity index (χ4n) is 3.80. The van der Waals surface area contributed by atoms with Gasteiger partial charge in [-0.2, -0.15) is 9.50 Å². The molecule has 9 heteroatoms. The summed E-state index contributed by atoms with van der Waals surface area (Å²) in [6, 6.07) is 23.5. The molecular weight excluding hydrogens is 432 g/mol. The summed E-state index contributed by atoms with van der Waals surface area (Å²) in [4.78, 5) is 37.4. The number of carbonyl (C=O) groups excluding carboxylic acids is 1. The number of hydrogen-bond donors (Lipinski definition) is 2. The van der Waals surface area contributed by atoms with Crippen molar-refractivity contribution in [3.63, 3.8) is 0 Å². The van der Waals surface area contributed by atoms with Crippen molar-refractivity contribution in [1.29, 1.82) is 0 Å². The van der Waals surface area contributed by atoms with Crippen molar-refractivity contribution in [2.75, 3.05) is 5.32 Å². The third-order valence-electron chi connectivity index (χ3n) is 5.35. The van der Waals surface area contributed by atoms with Crippen LogP contribution in [0.4, 0.5) is 5.82 Å². The van der Waals surface area contributed by atoms with Gasteiger partial charge in [-0.3, -0.25) is 14.6 Å². The monoisotopic (exact) mass is 448 g/mol. The van der Waals surface area contributed by atoms with Gasteiger partial charge in [0.25, 0.3) is 11.5 Å². The lowest BCUT2D eigenvalue weighted by Crippen LogP contribution is -2.19. The molecule has 2 aromatic carbocycles. The van der Waals surface area contributed by atoms with Crippen LogP contribution in [-0.4, -0.2) is 30.5 Å². The van der Waals surface area contributed by atoms with Gasteiger partial charge in [0.05, 0.1) is 23.0 Å². The van der Waals surface area contributed by atoms with Gasteiger partial charge < -0.3 is 9.73 Å². The van der Waals surface area contributed by atoms with Gasteiger partial charge in [-0.25, -0.2) is 4.98 Å². The summed E-state index contributed by atoms with van der Waals surface area (Å²) >= 11 is 0. The largest absolute Gasteiger partial charge is 0.461 e. The molecule has 9 nitrogen and oxygen atoms in total. The van der Waals surface area contributed by atoms with Crippen molar-refractivity contribution in [2.45, 2.75) is 0 Å². The third kappa shape index (κ3) is 3.41. The molecule has 0 saturated carbocycles. The Morgan fingerprint density at radius 1 is 0.941 bits per heavy atom. The number of H-pyrrole nitrogens is 1. The van der Waals surface area contributed by atoms with Crippen LogP contribution in [0, 0.1) is 0 Å². The van der Waals surface area contributed by atoms with E-state index in [0.29, 0.717) is 27.9 Å². The van der Waals surface area contributed by atoms with E-state index in [-0.39, 0.29) is 17.4 Å². The van der Waals surface area contributed by atoms with E-state index in [1.807, 2.05) is 54.6 Å². The van der Waals surface area contributed by atoms with Crippen LogP contribution >= 0.6 is 0 Å². The highest BCUT2D eigenvalue weighted by molar-refractivity contribution is 6.12. The van der Waals surface area contributed by atoms with Crippen LogP contribution in [-0.2, 0) is 0 Å². The lowest BCUT2D eigenvalue weighted by atomic mass is 10.0. The molecule has 0 unspecified atom stereocenters. The number of nitrogens with one attached hydrogen (secondary N) is 2. The Hall–Kier alpha value is -5.05. The molecule has 0 radical (unpaired) electrons. The molecule has 2 N–H and O–H groups in total. The topological polar surface area (TPSA) is 118 Å². The quantitative estimate of drug-likeness (QED) is 0.418. The highest BCUT2D eigenvalue weighted by atomic mass is 16.3. The number of fused-ring (bicyclic) bond motifs is 2. The molecule has 0 aliphatic rings. The molecule has 0 fully saturated rings. The molecule has 4 heterocycles. The number of anilines is 1. The number of rotatable bonds is 4. The minimum atomic E-state index is -0.425. The van der Waals surface area contributed by atoms with Gasteiger partial charge in [0.15, 0.2) is 5.76 Å². The Labute approximate surface area is 191 Å². The fraction of sp³-hybridized carbons (Fsp3) is 0. The third-order valence-corrected chi connectivity index (χ3v) is 5.35. The van der Waals surface area contributed by atoms with Crippen LogP contribution in [0.3, 0.4) is 0 Å². The zero-order chi connectivity index (χ0) is 23.1. The second kappa shape index (κ2) is 7.82. The van der Waals surface area contributed by atoms with Crippen molar-refractivity contribution in [2.24, 2.45) is 0 Å². The van der Waals surface area contributed by atoms with Crippen LogP contribution in [0.5, 0.6) is 0 Å². The van der Waals surface area contributed by atoms with Crippen LogP contribution < -0.4 is 10.9 Å². The molecule has 164 valence electrons. The first-order valence-electron chi connectivity index (χ1n) is 10.5. The smallest absolute Gasteiger partial charge is 0.257 e. The van der Waals surface area contributed by atoms with Gasteiger partial charge in [-0.05, 0) is 24.3 Å². The number of carbonyl (C=O) groups is 1. The van der Waals surface area contributed by atoms with E-state index in [9.17, 15) is 9.59 Å². The molecule has 0 spiro atoms. The Balaban J connectivity index is 1.46.